The van der Waals surface area contributed by atoms with Crippen molar-refractivity contribution in [2.24, 2.45) is 0 Å². The van der Waals surface area contributed by atoms with Crippen molar-refractivity contribution in [1.82, 2.24) is 4.98 Å². The Kier molecular flexibility index (Phi) is 5.40. The molecular formula is C10H15NO2S. The van der Waals surface area contributed by atoms with Crippen molar-refractivity contribution < 1.29 is 9.84 Å². The third-order valence-corrected chi connectivity index (χ3v) is 2.49. The number of hydrogen-bond acceptors (Lipinski definition) is 4. The first-order valence-corrected chi connectivity index (χ1v) is 5.68. The summed E-state index contributed by atoms with van der Waals surface area (Å²) in [5.41, 5.74) is 0. The van der Waals surface area contributed by atoms with E-state index in [0.717, 1.165) is 17.2 Å². The Labute approximate surface area is 88.5 Å². The van der Waals surface area contributed by atoms with E-state index in [1.54, 1.807) is 6.20 Å². The van der Waals surface area contributed by atoms with Gasteiger partial charge in [-0.1, -0.05) is 6.92 Å². The van der Waals surface area contributed by atoms with Gasteiger partial charge >= 0.3 is 0 Å². The molecule has 14 heavy (non-hydrogen) atoms. The number of aliphatic hydroxyl groups excluding tert-OH is 1. The molecule has 1 heterocycles. The molecule has 0 bridgehead atoms. The maximum Gasteiger partial charge on any atom is 0.151 e. The molecule has 0 amide bonds. The predicted octanol–water partition coefficient (Wildman–Crippen LogP) is 1.95. The quantitative estimate of drug-likeness (QED) is 0.733. The van der Waals surface area contributed by atoms with Gasteiger partial charge in [-0.15, -0.1) is 11.8 Å². The first-order valence-electron chi connectivity index (χ1n) is 4.70. The van der Waals surface area contributed by atoms with E-state index in [1.807, 2.05) is 12.1 Å². The molecule has 0 unspecified atom stereocenters. The average molecular weight is 213 g/mol. The van der Waals surface area contributed by atoms with Gasteiger partial charge in [0.1, 0.15) is 5.03 Å². The molecule has 0 aliphatic heterocycles. The summed E-state index contributed by atoms with van der Waals surface area (Å²) in [4.78, 5) is 4.20. The van der Waals surface area contributed by atoms with E-state index in [-0.39, 0.29) is 6.61 Å². The third-order valence-electron chi connectivity index (χ3n) is 1.53. The molecular weight excluding hydrogens is 198 g/mol. The van der Waals surface area contributed by atoms with Crippen molar-refractivity contribution in [3.63, 3.8) is 0 Å². The molecule has 78 valence electrons. The van der Waals surface area contributed by atoms with E-state index in [4.69, 9.17) is 9.84 Å². The highest BCUT2D eigenvalue weighted by atomic mass is 32.2. The predicted molar refractivity (Wildman–Crippen MR) is 57.8 cm³/mol. The molecule has 0 saturated heterocycles. The number of aromatic nitrogens is 1. The number of hydrogen-bond donors (Lipinski definition) is 1. The molecule has 4 heteroatoms. The molecule has 0 aliphatic rings. The van der Waals surface area contributed by atoms with E-state index < -0.39 is 0 Å². The molecule has 1 rings (SSSR count). The number of nitrogens with zero attached hydrogens (tertiary/aromatic N) is 1. The van der Waals surface area contributed by atoms with Crippen molar-refractivity contribution in [3.05, 3.63) is 18.3 Å². The van der Waals surface area contributed by atoms with Crippen molar-refractivity contribution in [3.8, 4) is 5.75 Å². The van der Waals surface area contributed by atoms with Crippen LogP contribution in [0.5, 0.6) is 5.75 Å². The molecule has 0 fully saturated rings. The van der Waals surface area contributed by atoms with Crippen molar-refractivity contribution in [2.45, 2.75) is 18.4 Å². The van der Waals surface area contributed by atoms with Crippen LogP contribution >= 0.6 is 11.8 Å². The van der Waals surface area contributed by atoms with Gasteiger partial charge in [-0.2, -0.15) is 0 Å². The van der Waals surface area contributed by atoms with E-state index in [1.165, 1.54) is 11.8 Å². The van der Waals surface area contributed by atoms with Crippen LogP contribution in [0.1, 0.15) is 13.3 Å². The summed E-state index contributed by atoms with van der Waals surface area (Å²) in [5, 5.41) is 9.56. The zero-order valence-corrected chi connectivity index (χ0v) is 9.09. The molecule has 0 aromatic carbocycles. The fraction of sp³-hybridized carbons (Fsp3) is 0.500. The Morgan fingerprint density at radius 2 is 2.43 bits per heavy atom. The molecule has 3 nitrogen and oxygen atoms in total. The smallest absolute Gasteiger partial charge is 0.151 e. The van der Waals surface area contributed by atoms with E-state index >= 15 is 0 Å². The molecule has 0 spiro atoms. The lowest BCUT2D eigenvalue weighted by Gasteiger charge is -2.08. The molecule has 1 aromatic rings. The Morgan fingerprint density at radius 1 is 1.57 bits per heavy atom. The molecule has 0 saturated carbocycles. The largest absolute Gasteiger partial charge is 0.491 e. The normalized spacial score (nSPS) is 10.1. The Bertz CT molecular complexity index is 241. The minimum atomic E-state index is 0.161. The fourth-order valence-electron chi connectivity index (χ4n) is 0.949. The van der Waals surface area contributed by atoms with Crippen LogP contribution in [0, 0.1) is 0 Å². The average Bonchev–Trinajstić information content (AvgIpc) is 2.24. The molecule has 0 atom stereocenters. The van der Waals surface area contributed by atoms with E-state index in [2.05, 4.69) is 11.9 Å². The minimum Gasteiger partial charge on any atom is -0.491 e. The van der Waals surface area contributed by atoms with Crippen LogP contribution in [0.4, 0.5) is 0 Å². The molecule has 0 aliphatic carbocycles. The number of aliphatic hydroxyl groups is 1. The maximum absolute atomic E-state index is 8.71. The van der Waals surface area contributed by atoms with Gasteiger partial charge in [-0.05, 0) is 18.6 Å². The molecule has 1 N–H and O–H groups in total. The van der Waals surface area contributed by atoms with Crippen molar-refractivity contribution >= 4 is 11.8 Å². The van der Waals surface area contributed by atoms with E-state index in [0.29, 0.717) is 12.4 Å². The Hall–Kier alpha value is -0.740. The fourth-order valence-corrected chi connectivity index (χ4v) is 1.64. The third kappa shape index (κ3) is 3.55. The van der Waals surface area contributed by atoms with Crippen molar-refractivity contribution in [2.75, 3.05) is 19.0 Å². The lowest BCUT2D eigenvalue weighted by molar-refractivity contribution is 0.307. The van der Waals surface area contributed by atoms with Gasteiger partial charge in [-0.25, -0.2) is 4.98 Å². The number of ether oxygens (including phenoxy) is 1. The molecule has 0 radical (unpaired) electrons. The van der Waals surface area contributed by atoms with Gasteiger partial charge in [-0.3, -0.25) is 0 Å². The minimum absolute atomic E-state index is 0.161. The summed E-state index contributed by atoms with van der Waals surface area (Å²) < 4.78 is 5.52. The second-order valence-corrected chi connectivity index (χ2v) is 3.81. The molecule has 1 aromatic heterocycles. The van der Waals surface area contributed by atoms with Crippen LogP contribution in [0.25, 0.3) is 0 Å². The highest BCUT2D eigenvalue weighted by Crippen LogP contribution is 2.26. The summed E-state index contributed by atoms with van der Waals surface area (Å²) in [6.07, 6.45) is 2.72. The summed E-state index contributed by atoms with van der Waals surface area (Å²) in [5.74, 6) is 1.47. The van der Waals surface area contributed by atoms with Crippen LogP contribution in [0.3, 0.4) is 0 Å². The lowest BCUT2D eigenvalue weighted by atomic mass is 10.4. The topological polar surface area (TPSA) is 42.4 Å². The van der Waals surface area contributed by atoms with Gasteiger partial charge in [0, 0.05) is 11.9 Å². The maximum atomic E-state index is 8.71. The van der Waals surface area contributed by atoms with Gasteiger partial charge in [0.2, 0.25) is 0 Å². The van der Waals surface area contributed by atoms with Crippen LogP contribution in [0.15, 0.2) is 23.4 Å². The number of rotatable bonds is 6. The zero-order valence-electron chi connectivity index (χ0n) is 8.27. The monoisotopic (exact) mass is 213 g/mol. The van der Waals surface area contributed by atoms with Gasteiger partial charge in [0.15, 0.2) is 5.75 Å². The highest BCUT2D eigenvalue weighted by Gasteiger charge is 2.03. The van der Waals surface area contributed by atoms with Crippen LogP contribution in [0.2, 0.25) is 0 Å². The van der Waals surface area contributed by atoms with Crippen LogP contribution in [-0.2, 0) is 0 Å². The van der Waals surface area contributed by atoms with Gasteiger partial charge < -0.3 is 9.84 Å². The summed E-state index contributed by atoms with van der Waals surface area (Å²) in [6, 6.07) is 3.76. The highest BCUT2D eigenvalue weighted by molar-refractivity contribution is 7.99. The lowest BCUT2D eigenvalue weighted by Crippen LogP contribution is -1.98. The van der Waals surface area contributed by atoms with Crippen molar-refractivity contribution in [1.29, 1.82) is 0 Å². The van der Waals surface area contributed by atoms with Gasteiger partial charge in [0.25, 0.3) is 0 Å². The summed E-state index contributed by atoms with van der Waals surface area (Å²) in [6.45, 7) is 2.93. The Morgan fingerprint density at radius 3 is 3.14 bits per heavy atom. The summed E-state index contributed by atoms with van der Waals surface area (Å²) >= 11 is 1.51. The number of pyridine rings is 1. The number of thioether (sulfide) groups is 1. The second kappa shape index (κ2) is 6.68. The first kappa shape index (κ1) is 11.3. The first-order chi connectivity index (χ1) is 6.88. The Balaban J connectivity index is 2.60. The summed E-state index contributed by atoms with van der Waals surface area (Å²) in [7, 11) is 0. The zero-order chi connectivity index (χ0) is 10.2. The van der Waals surface area contributed by atoms with Crippen LogP contribution in [-0.4, -0.2) is 29.1 Å². The SMILES string of the molecule is CCCOc1cccnc1SCCO. The second-order valence-electron chi connectivity index (χ2n) is 2.73. The van der Waals surface area contributed by atoms with E-state index in [9.17, 15) is 0 Å². The van der Waals surface area contributed by atoms with Crippen LogP contribution < -0.4 is 4.74 Å². The standard InChI is InChI=1S/C10H15NO2S/c1-2-7-13-9-4-3-5-11-10(9)14-8-6-12/h3-5,12H,2,6-8H2,1H3. The van der Waals surface area contributed by atoms with Gasteiger partial charge in [0.05, 0.1) is 13.2 Å².